The standard InChI is InChI=1S/C16H24N2O2/c1-19-14-9-13(10-15(11-14)20-2)16(12-3-4-12)18-7-5-17-6-8-18/h9-12,16-17H,3-8H2,1-2H3/t16-/m1/s1. The molecule has 1 heterocycles. The molecule has 2 aliphatic rings. The average Bonchev–Trinajstić information content (AvgIpc) is 3.33. The number of hydrogen-bond acceptors (Lipinski definition) is 4. The summed E-state index contributed by atoms with van der Waals surface area (Å²) in [5.41, 5.74) is 1.34. The predicted octanol–water partition coefficient (Wildman–Crippen LogP) is 2.06. The minimum absolute atomic E-state index is 0.515. The molecule has 2 fully saturated rings. The molecule has 0 aromatic heterocycles. The lowest BCUT2D eigenvalue weighted by atomic mass is 9.99. The van der Waals surface area contributed by atoms with Crippen LogP contribution in [0, 0.1) is 5.92 Å². The maximum absolute atomic E-state index is 5.42. The Kier molecular flexibility index (Phi) is 4.13. The van der Waals surface area contributed by atoms with Gasteiger partial charge in [0.1, 0.15) is 11.5 Å². The highest BCUT2D eigenvalue weighted by molar-refractivity contribution is 5.40. The molecule has 0 amide bonds. The van der Waals surface area contributed by atoms with Crippen molar-refractivity contribution in [3.63, 3.8) is 0 Å². The summed E-state index contributed by atoms with van der Waals surface area (Å²) in [7, 11) is 3.44. The van der Waals surface area contributed by atoms with Crippen LogP contribution in [0.25, 0.3) is 0 Å². The van der Waals surface area contributed by atoms with Crippen LogP contribution in [-0.2, 0) is 0 Å². The highest BCUT2D eigenvalue weighted by Gasteiger charge is 2.37. The first kappa shape index (κ1) is 13.7. The van der Waals surface area contributed by atoms with E-state index in [0.717, 1.165) is 43.6 Å². The van der Waals surface area contributed by atoms with Crippen molar-refractivity contribution < 1.29 is 9.47 Å². The topological polar surface area (TPSA) is 33.7 Å². The lowest BCUT2D eigenvalue weighted by Gasteiger charge is -2.35. The van der Waals surface area contributed by atoms with Crippen molar-refractivity contribution >= 4 is 0 Å². The molecule has 1 aliphatic carbocycles. The molecule has 3 rings (SSSR count). The van der Waals surface area contributed by atoms with Gasteiger partial charge in [-0.15, -0.1) is 0 Å². The van der Waals surface area contributed by atoms with Gasteiger partial charge in [0.05, 0.1) is 14.2 Å². The summed E-state index contributed by atoms with van der Waals surface area (Å²) in [6.45, 7) is 4.43. The molecule has 20 heavy (non-hydrogen) atoms. The molecule has 0 unspecified atom stereocenters. The van der Waals surface area contributed by atoms with Crippen LogP contribution in [0.1, 0.15) is 24.4 Å². The summed E-state index contributed by atoms with van der Waals surface area (Å²) in [4.78, 5) is 2.61. The molecule has 1 aliphatic heterocycles. The fourth-order valence-electron chi connectivity index (χ4n) is 3.15. The largest absolute Gasteiger partial charge is 0.497 e. The first-order valence-electron chi connectivity index (χ1n) is 7.49. The Morgan fingerprint density at radius 2 is 1.65 bits per heavy atom. The molecule has 4 heteroatoms. The summed E-state index contributed by atoms with van der Waals surface area (Å²) in [6.07, 6.45) is 2.68. The van der Waals surface area contributed by atoms with Gasteiger partial charge >= 0.3 is 0 Å². The van der Waals surface area contributed by atoms with Crippen molar-refractivity contribution in [2.45, 2.75) is 18.9 Å². The predicted molar refractivity (Wildman–Crippen MR) is 79.5 cm³/mol. The van der Waals surface area contributed by atoms with Gasteiger partial charge in [-0.2, -0.15) is 0 Å². The fourth-order valence-corrected chi connectivity index (χ4v) is 3.15. The van der Waals surface area contributed by atoms with E-state index in [-0.39, 0.29) is 0 Å². The van der Waals surface area contributed by atoms with E-state index in [4.69, 9.17) is 9.47 Å². The van der Waals surface area contributed by atoms with Crippen LogP contribution in [0.3, 0.4) is 0 Å². The fraction of sp³-hybridized carbons (Fsp3) is 0.625. The van der Waals surface area contributed by atoms with Gasteiger partial charge in [-0.25, -0.2) is 0 Å². The Morgan fingerprint density at radius 3 is 2.15 bits per heavy atom. The van der Waals surface area contributed by atoms with Crippen molar-refractivity contribution in [3.8, 4) is 11.5 Å². The maximum Gasteiger partial charge on any atom is 0.122 e. The van der Waals surface area contributed by atoms with Crippen LogP contribution in [-0.4, -0.2) is 45.3 Å². The zero-order valence-corrected chi connectivity index (χ0v) is 12.4. The van der Waals surface area contributed by atoms with Gasteiger partial charge in [-0.1, -0.05) is 0 Å². The molecule has 1 N–H and O–H groups in total. The van der Waals surface area contributed by atoms with Crippen LogP contribution < -0.4 is 14.8 Å². The summed E-state index contributed by atoms with van der Waals surface area (Å²) in [5, 5.41) is 3.43. The third-order valence-electron chi connectivity index (χ3n) is 4.33. The number of nitrogens with zero attached hydrogens (tertiary/aromatic N) is 1. The lowest BCUT2D eigenvalue weighted by molar-refractivity contribution is 0.155. The second kappa shape index (κ2) is 6.02. The molecule has 1 aromatic carbocycles. The summed E-state index contributed by atoms with van der Waals surface area (Å²) in [5.74, 6) is 2.57. The first-order valence-corrected chi connectivity index (χ1v) is 7.49. The lowest BCUT2D eigenvalue weighted by Crippen LogP contribution is -2.45. The number of rotatable bonds is 5. The van der Waals surface area contributed by atoms with E-state index < -0.39 is 0 Å². The molecule has 0 spiro atoms. The normalized spacial score (nSPS) is 21.5. The van der Waals surface area contributed by atoms with E-state index in [1.807, 2.05) is 6.07 Å². The second-order valence-electron chi connectivity index (χ2n) is 5.71. The quantitative estimate of drug-likeness (QED) is 0.892. The number of ether oxygens (including phenoxy) is 2. The van der Waals surface area contributed by atoms with Crippen LogP contribution in [0.5, 0.6) is 11.5 Å². The summed E-state index contributed by atoms with van der Waals surface area (Å²) in [6, 6.07) is 6.81. The molecule has 1 saturated carbocycles. The van der Waals surface area contributed by atoms with E-state index in [0.29, 0.717) is 6.04 Å². The minimum Gasteiger partial charge on any atom is -0.497 e. The minimum atomic E-state index is 0.515. The van der Waals surface area contributed by atoms with Crippen molar-refractivity contribution in [2.24, 2.45) is 5.92 Å². The maximum atomic E-state index is 5.42. The Bertz CT molecular complexity index is 432. The van der Waals surface area contributed by atoms with Gasteiger partial charge in [0, 0.05) is 38.3 Å². The van der Waals surface area contributed by atoms with Crippen molar-refractivity contribution in [3.05, 3.63) is 23.8 Å². The van der Waals surface area contributed by atoms with Gasteiger partial charge < -0.3 is 14.8 Å². The number of benzene rings is 1. The Labute approximate surface area is 121 Å². The molecule has 0 bridgehead atoms. The molecule has 1 aromatic rings. The number of methoxy groups -OCH3 is 2. The molecular formula is C16H24N2O2. The van der Waals surface area contributed by atoms with E-state index >= 15 is 0 Å². The van der Waals surface area contributed by atoms with Crippen LogP contribution in [0.15, 0.2) is 18.2 Å². The molecule has 0 radical (unpaired) electrons. The van der Waals surface area contributed by atoms with Gasteiger partial charge in [0.2, 0.25) is 0 Å². The summed E-state index contributed by atoms with van der Waals surface area (Å²) < 4.78 is 10.8. The van der Waals surface area contributed by atoms with Gasteiger partial charge in [0.15, 0.2) is 0 Å². The van der Waals surface area contributed by atoms with Gasteiger partial charge in [0.25, 0.3) is 0 Å². The van der Waals surface area contributed by atoms with Gasteiger partial charge in [-0.05, 0) is 36.5 Å². The molecule has 110 valence electrons. The van der Waals surface area contributed by atoms with Crippen LogP contribution in [0.2, 0.25) is 0 Å². The molecule has 1 saturated heterocycles. The van der Waals surface area contributed by atoms with Crippen molar-refractivity contribution in [2.75, 3.05) is 40.4 Å². The highest BCUT2D eigenvalue weighted by atomic mass is 16.5. The van der Waals surface area contributed by atoms with Crippen LogP contribution in [0.4, 0.5) is 0 Å². The van der Waals surface area contributed by atoms with Crippen LogP contribution >= 0.6 is 0 Å². The first-order chi connectivity index (χ1) is 9.81. The Balaban J connectivity index is 1.89. The van der Waals surface area contributed by atoms with E-state index in [1.54, 1.807) is 14.2 Å². The van der Waals surface area contributed by atoms with Gasteiger partial charge in [-0.3, -0.25) is 4.90 Å². The average molecular weight is 276 g/mol. The highest BCUT2D eigenvalue weighted by Crippen LogP contribution is 2.46. The zero-order valence-electron chi connectivity index (χ0n) is 12.4. The smallest absolute Gasteiger partial charge is 0.122 e. The summed E-state index contributed by atoms with van der Waals surface area (Å²) >= 11 is 0. The number of nitrogens with one attached hydrogen (secondary N) is 1. The van der Waals surface area contributed by atoms with Crippen molar-refractivity contribution in [1.82, 2.24) is 10.2 Å². The Hall–Kier alpha value is -1.26. The van der Waals surface area contributed by atoms with E-state index in [2.05, 4.69) is 22.3 Å². The van der Waals surface area contributed by atoms with E-state index in [9.17, 15) is 0 Å². The third-order valence-corrected chi connectivity index (χ3v) is 4.33. The molecule has 1 atom stereocenters. The third kappa shape index (κ3) is 2.91. The molecule has 4 nitrogen and oxygen atoms in total. The number of hydrogen-bond donors (Lipinski definition) is 1. The van der Waals surface area contributed by atoms with E-state index in [1.165, 1.54) is 18.4 Å². The monoisotopic (exact) mass is 276 g/mol. The Morgan fingerprint density at radius 1 is 1.05 bits per heavy atom. The second-order valence-corrected chi connectivity index (χ2v) is 5.71. The SMILES string of the molecule is COc1cc(OC)cc([C@@H](C2CC2)N2CCNCC2)c1. The zero-order chi connectivity index (χ0) is 13.9. The number of piperazine rings is 1. The van der Waals surface area contributed by atoms with Crippen molar-refractivity contribution in [1.29, 1.82) is 0 Å². The molecular weight excluding hydrogens is 252 g/mol.